The number of sulfonamides is 1. The van der Waals surface area contributed by atoms with Crippen LogP contribution in [0.4, 0.5) is 5.69 Å². The minimum absolute atomic E-state index is 0.0173. The van der Waals surface area contributed by atoms with Gasteiger partial charge in [0, 0.05) is 12.1 Å². The summed E-state index contributed by atoms with van der Waals surface area (Å²) in [4.78, 5) is 34.4. The van der Waals surface area contributed by atoms with Gasteiger partial charge in [0.1, 0.15) is 18.8 Å². The molecule has 1 aromatic carbocycles. The second kappa shape index (κ2) is 14.0. The summed E-state index contributed by atoms with van der Waals surface area (Å²) >= 11 is 0. The van der Waals surface area contributed by atoms with Gasteiger partial charge in [-0.15, -0.1) is 0 Å². The third-order valence-corrected chi connectivity index (χ3v) is 6.49. The highest BCUT2D eigenvalue weighted by molar-refractivity contribution is 7.92. The molecular weight excluding hydrogens is 500 g/mol. The first-order chi connectivity index (χ1) is 17.6. The molecule has 2 rings (SSSR count). The van der Waals surface area contributed by atoms with Crippen LogP contribution in [0, 0.1) is 13.8 Å². The number of oxime groups is 1. The van der Waals surface area contributed by atoms with Crippen LogP contribution in [-0.2, 0) is 30.9 Å². The van der Waals surface area contributed by atoms with Gasteiger partial charge < -0.3 is 25.2 Å². The zero-order valence-electron chi connectivity index (χ0n) is 21.5. The number of hydrogen-bond acceptors (Lipinski definition) is 7. The molecule has 4 N–H and O–H groups in total. The second-order valence-corrected chi connectivity index (χ2v) is 9.83. The monoisotopic (exact) mass is 534 g/mol. The summed E-state index contributed by atoms with van der Waals surface area (Å²) in [6.07, 6.45) is 2.51. The highest BCUT2D eigenvalue weighted by Crippen LogP contribution is 2.15. The van der Waals surface area contributed by atoms with Gasteiger partial charge in [-0.2, -0.15) is 4.99 Å². The predicted octanol–water partition coefficient (Wildman–Crippen LogP) is 1.86. The van der Waals surface area contributed by atoms with Crippen LogP contribution in [0.3, 0.4) is 0 Å². The molecule has 37 heavy (non-hydrogen) atoms. The van der Waals surface area contributed by atoms with Gasteiger partial charge in [-0.3, -0.25) is 14.3 Å². The van der Waals surface area contributed by atoms with Crippen molar-refractivity contribution in [1.82, 2.24) is 9.88 Å². The number of nitrogens with zero attached hydrogens (tertiary/aromatic N) is 3. The Morgan fingerprint density at radius 1 is 1.19 bits per heavy atom. The average Bonchev–Trinajstić information content (AvgIpc) is 2.85. The van der Waals surface area contributed by atoms with Gasteiger partial charge in [0.15, 0.2) is 5.90 Å². The molecule has 0 aliphatic carbocycles. The van der Waals surface area contributed by atoms with E-state index in [0.29, 0.717) is 18.0 Å². The molecule has 0 atom stereocenters. The number of hydrogen-bond donors (Lipinski definition) is 3. The van der Waals surface area contributed by atoms with Crippen LogP contribution in [-0.4, -0.2) is 51.0 Å². The molecule has 0 saturated heterocycles. The Bertz CT molecular complexity index is 1300. The quantitative estimate of drug-likeness (QED) is 0.162. The van der Waals surface area contributed by atoms with E-state index in [1.807, 2.05) is 6.92 Å². The minimum atomic E-state index is -3.98. The number of amides is 1. The molecule has 202 valence electrons. The van der Waals surface area contributed by atoms with Gasteiger partial charge in [-0.25, -0.2) is 8.42 Å². The number of aliphatic imine (C=N–C) groups is 1. The highest BCUT2D eigenvalue weighted by Gasteiger charge is 2.18. The zero-order chi connectivity index (χ0) is 27.4. The predicted molar refractivity (Wildman–Crippen MR) is 142 cm³/mol. The molecule has 1 heterocycles. The Morgan fingerprint density at radius 3 is 2.62 bits per heavy atom. The molecular formula is C24H34N6O6S. The first-order valence-corrected chi connectivity index (χ1v) is 13.2. The molecule has 0 unspecified atom stereocenters. The van der Waals surface area contributed by atoms with Gasteiger partial charge in [0.2, 0.25) is 5.91 Å². The number of carbonyl (C=O) groups is 1. The van der Waals surface area contributed by atoms with E-state index in [0.717, 1.165) is 18.4 Å². The van der Waals surface area contributed by atoms with Crippen LogP contribution < -0.4 is 21.3 Å². The van der Waals surface area contributed by atoms with Gasteiger partial charge in [0.05, 0.1) is 18.6 Å². The number of rotatable bonds is 12. The molecule has 0 saturated carbocycles. The molecule has 12 nitrogen and oxygen atoms in total. The van der Waals surface area contributed by atoms with E-state index in [2.05, 4.69) is 20.2 Å². The van der Waals surface area contributed by atoms with Crippen LogP contribution in [0.2, 0.25) is 0 Å². The lowest BCUT2D eigenvalue weighted by Gasteiger charge is -2.13. The summed E-state index contributed by atoms with van der Waals surface area (Å²) in [6.45, 7) is 5.26. The Hall–Kier alpha value is -3.87. The molecule has 0 fully saturated rings. The van der Waals surface area contributed by atoms with Crippen LogP contribution in [0.25, 0.3) is 0 Å². The van der Waals surface area contributed by atoms with Crippen LogP contribution in [0.1, 0.15) is 37.4 Å². The normalized spacial score (nSPS) is 12.2. The van der Waals surface area contributed by atoms with Crippen molar-refractivity contribution in [1.29, 1.82) is 0 Å². The number of carbonyl (C=O) groups excluding carboxylic acids is 1. The van der Waals surface area contributed by atoms with Crippen molar-refractivity contribution in [2.24, 2.45) is 15.9 Å². The zero-order valence-corrected chi connectivity index (χ0v) is 22.3. The lowest BCUT2D eigenvalue weighted by Crippen LogP contribution is -2.36. The minimum Gasteiger partial charge on any atom is -0.484 e. The summed E-state index contributed by atoms with van der Waals surface area (Å²) in [5.74, 6) is -0.126. The number of guanidine groups is 1. The molecule has 0 spiro atoms. The lowest BCUT2D eigenvalue weighted by molar-refractivity contribution is -0.122. The highest BCUT2D eigenvalue weighted by atomic mass is 32.2. The largest absolute Gasteiger partial charge is 0.484 e. The maximum atomic E-state index is 12.9. The van der Waals surface area contributed by atoms with Crippen molar-refractivity contribution in [2.45, 2.75) is 51.5 Å². The topological polar surface area (TPSA) is 166 Å². The molecule has 1 aromatic heterocycles. The molecule has 0 bridgehead atoms. The van der Waals surface area contributed by atoms with Gasteiger partial charge in [0.25, 0.3) is 21.5 Å². The number of aromatic nitrogens is 1. The Labute approximate surface area is 216 Å². The molecule has 0 radical (unpaired) electrons. The maximum Gasteiger partial charge on any atom is 0.275 e. The first-order valence-electron chi connectivity index (χ1n) is 11.7. The number of benzene rings is 1. The average molecular weight is 535 g/mol. The van der Waals surface area contributed by atoms with E-state index < -0.39 is 21.5 Å². The van der Waals surface area contributed by atoms with E-state index in [1.165, 1.54) is 29.9 Å². The molecule has 13 heteroatoms. The van der Waals surface area contributed by atoms with Crippen LogP contribution in [0.5, 0.6) is 0 Å². The number of aryl methyl sites for hydroxylation is 2. The molecule has 0 aliphatic heterocycles. The summed E-state index contributed by atoms with van der Waals surface area (Å²) in [6, 6.07) is 9.24. The van der Waals surface area contributed by atoms with E-state index in [4.69, 9.17) is 15.3 Å². The third-order valence-electron chi connectivity index (χ3n) is 5.13. The Morgan fingerprint density at radius 2 is 1.95 bits per heavy atom. The number of nitrogens with one attached hydrogen (secondary N) is 2. The summed E-state index contributed by atoms with van der Waals surface area (Å²) in [5, 5.41) is 6.27. The van der Waals surface area contributed by atoms with Crippen LogP contribution in [0.15, 0.2) is 56.2 Å². The van der Waals surface area contributed by atoms with Gasteiger partial charge in [-0.1, -0.05) is 25.5 Å². The van der Waals surface area contributed by atoms with Gasteiger partial charge in [-0.05, 0) is 55.3 Å². The standard InChI is InChI=1S/C24H34N6O6S/c1-5-6-10-22(35-4)27-24(25)28-36-14-13-26-21(31)16-30-18(3)11-12-20(23(30)32)29-37(33,34)19-9-7-8-17(2)15-19/h7-9,11-12,15,29H,5-6,10,13-14,16H2,1-4H3,(H2,25,28)(H,26,31)/b27-22-. The van der Waals surface area contributed by atoms with E-state index in [9.17, 15) is 18.0 Å². The number of nitrogens with two attached hydrogens (primary N) is 1. The van der Waals surface area contributed by atoms with Crippen molar-refractivity contribution in [2.75, 3.05) is 25.0 Å². The maximum absolute atomic E-state index is 12.9. The smallest absolute Gasteiger partial charge is 0.275 e. The van der Waals surface area contributed by atoms with E-state index in [-0.39, 0.29) is 36.2 Å². The fourth-order valence-corrected chi connectivity index (χ4v) is 4.32. The Balaban J connectivity index is 1.96. The summed E-state index contributed by atoms with van der Waals surface area (Å²) < 4.78 is 34.0. The number of anilines is 1. The fourth-order valence-electron chi connectivity index (χ4n) is 3.16. The van der Waals surface area contributed by atoms with Gasteiger partial charge >= 0.3 is 0 Å². The van der Waals surface area contributed by atoms with E-state index >= 15 is 0 Å². The number of methoxy groups -OCH3 is 1. The lowest BCUT2D eigenvalue weighted by atomic mass is 10.2. The molecule has 0 aliphatic rings. The number of unbranched alkanes of at least 4 members (excludes halogenated alkanes) is 1. The van der Waals surface area contributed by atoms with Crippen molar-refractivity contribution >= 4 is 33.5 Å². The van der Waals surface area contributed by atoms with Crippen molar-refractivity contribution in [3.05, 3.63) is 58.0 Å². The third kappa shape index (κ3) is 9.26. The van der Waals surface area contributed by atoms with Crippen molar-refractivity contribution in [3.8, 4) is 0 Å². The van der Waals surface area contributed by atoms with Crippen molar-refractivity contribution < 1.29 is 22.8 Å². The van der Waals surface area contributed by atoms with E-state index in [1.54, 1.807) is 32.0 Å². The van der Waals surface area contributed by atoms with Crippen LogP contribution >= 0.6 is 0 Å². The Kier molecular flexibility index (Phi) is 11.1. The number of ether oxygens (including phenoxy) is 1. The molecule has 2 aromatic rings. The SMILES string of the molecule is CCCC/C(=N/C(N)=N/OCCNC(=O)Cn1c(C)ccc(NS(=O)(=O)c2cccc(C)c2)c1=O)OC. The summed E-state index contributed by atoms with van der Waals surface area (Å²) in [7, 11) is -2.48. The first kappa shape index (κ1) is 29.4. The second-order valence-electron chi connectivity index (χ2n) is 8.15. The fraction of sp³-hybridized carbons (Fsp3) is 0.417. The number of pyridine rings is 1. The molecule has 1 amide bonds. The summed E-state index contributed by atoms with van der Waals surface area (Å²) in [5.41, 5.74) is 6.13. The van der Waals surface area contributed by atoms with Crippen molar-refractivity contribution in [3.63, 3.8) is 0 Å².